The molecular formula is C12H10N2O4. The first-order valence-electron chi connectivity index (χ1n) is 5.16. The molecule has 0 radical (unpaired) electrons. The van der Waals surface area contributed by atoms with Gasteiger partial charge in [-0.15, -0.1) is 0 Å². The zero-order valence-corrected chi connectivity index (χ0v) is 9.41. The van der Waals surface area contributed by atoms with E-state index in [1.807, 2.05) is 0 Å². The Bertz CT molecular complexity index is 630. The molecule has 1 heterocycles. The van der Waals surface area contributed by atoms with Crippen molar-refractivity contribution >= 4 is 22.9 Å². The average Bonchev–Trinajstić information content (AvgIpc) is 2.73. The fourth-order valence-corrected chi connectivity index (χ4v) is 1.66. The van der Waals surface area contributed by atoms with Gasteiger partial charge in [-0.3, -0.25) is 14.9 Å². The van der Waals surface area contributed by atoms with Gasteiger partial charge >= 0.3 is 0 Å². The van der Waals surface area contributed by atoms with Gasteiger partial charge in [0.1, 0.15) is 6.61 Å². The van der Waals surface area contributed by atoms with E-state index in [2.05, 4.69) is 6.58 Å². The lowest BCUT2D eigenvalue weighted by Gasteiger charge is -2.04. The number of fused-ring (bicyclic) bond motifs is 1. The van der Waals surface area contributed by atoms with Crippen molar-refractivity contribution in [3.8, 4) is 0 Å². The molecule has 0 unspecified atom stereocenters. The molecule has 0 bridgehead atoms. The highest BCUT2D eigenvalue weighted by Crippen LogP contribution is 2.24. The Morgan fingerprint density at radius 2 is 2.28 bits per heavy atom. The smallest absolute Gasteiger partial charge is 0.271 e. The largest absolute Gasteiger partial charge is 0.410 e. The van der Waals surface area contributed by atoms with Gasteiger partial charge < -0.3 is 4.84 Å². The van der Waals surface area contributed by atoms with E-state index >= 15 is 0 Å². The molecule has 0 saturated heterocycles. The minimum absolute atomic E-state index is 0.0542. The number of rotatable bonds is 5. The molecular weight excluding hydrogens is 236 g/mol. The summed E-state index contributed by atoms with van der Waals surface area (Å²) in [6, 6.07) is 4.25. The SMILES string of the molecule is C=CCOn1cc(C=O)c2ccc([N+](=O)[O-])cc21. The third kappa shape index (κ3) is 1.95. The predicted molar refractivity (Wildman–Crippen MR) is 65.6 cm³/mol. The third-order valence-corrected chi connectivity index (χ3v) is 2.46. The summed E-state index contributed by atoms with van der Waals surface area (Å²) in [6.45, 7) is 3.75. The Balaban J connectivity index is 2.61. The maximum atomic E-state index is 10.9. The van der Waals surface area contributed by atoms with Gasteiger partial charge in [0.05, 0.1) is 16.6 Å². The summed E-state index contributed by atoms with van der Waals surface area (Å²) >= 11 is 0. The van der Waals surface area contributed by atoms with Crippen LogP contribution in [0.5, 0.6) is 0 Å². The quantitative estimate of drug-likeness (QED) is 0.350. The monoisotopic (exact) mass is 246 g/mol. The van der Waals surface area contributed by atoms with Gasteiger partial charge in [-0.1, -0.05) is 12.7 Å². The Morgan fingerprint density at radius 1 is 1.50 bits per heavy atom. The van der Waals surface area contributed by atoms with Crippen LogP contribution in [0.2, 0.25) is 0 Å². The van der Waals surface area contributed by atoms with E-state index in [1.54, 1.807) is 6.08 Å². The van der Waals surface area contributed by atoms with Crippen molar-refractivity contribution in [2.24, 2.45) is 0 Å². The van der Waals surface area contributed by atoms with Crippen molar-refractivity contribution in [3.63, 3.8) is 0 Å². The Labute approximate surface area is 102 Å². The van der Waals surface area contributed by atoms with E-state index in [1.165, 1.54) is 29.1 Å². The molecule has 0 N–H and O–H groups in total. The molecule has 0 aliphatic carbocycles. The highest BCUT2D eigenvalue weighted by molar-refractivity contribution is 5.98. The first-order valence-corrected chi connectivity index (χ1v) is 5.16. The minimum atomic E-state index is -0.495. The van der Waals surface area contributed by atoms with E-state index in [4.69, 9.17) is 4.84 Å². The van der Waals surface area contributed by atoms with Crippen LogP contribution in [-0.2, 0) is 0 Å². The number of nitro groups is 1. The number of aromatic nitrogens is 1. The Morgan fingerprint density at radius 3 is 2.89 bits per heavy atom. The standard InChI is InChI=1S/C12H10N2O4/c1-2-5-18-13-7-9(8-15)11-4-3-10(14(16)17)6-12(11)13/h2-4,6-8H,1,5H2. The van der Waals surface area contributed by atoms with Crippen LogP contribution in [0.25, 0.3) is 10.9 Å². The van der Waals surface area contributed by atoms with Crippen molar-refractivity contribution in [1.82, 2.24) is 4.73 Å². The first-order chi connectivity index (χ1) is 8.67. The van der Waals surface area contributed by atoms with Crippen LogP contribution in [0.15, 0.2) is 37.1 Å². The first kappa shape index (κ1) is 11.8. The van der Waals surface area contributed by atoms with Crippen LogP contribution in [0.3, 0.4) is 0 Å². The van der Waals surface area contributed by atoms with E-state index in [-0.39, 0.29) is 12.3 Å². The summed E-state index contributed by atoms with van der Waals surface area (Å²) in [4.78, 5) is 26.4. The predicted octanol–water partition coefficient (Wildman–Crippen LogP) is 1.98. The number of nitro benzene ring substituents is 1. The molecule has 92 valence electrons. The lowest BCUT2D eigenvalue weighted by Crippen LogP contribution is -2.09. The average molecular weight is 246 g/mol. The lowest BCUT2D eigenvalue weighted by molar-refractivity contribution is -0.384. The molecule has 0 aliphatic rings. The summed E-state index contributed by atoms with van der Waals surface area (Å²) < 4.78 is 1.34. The number of carbonyl (C=O) groups excluding carboxylic acids is 1. The molecule has 1 aromatic heterocycles. The summed E-state index contributed by atoms with van der Waals surface area (Å²) in [5.74, 6) is 0. The second kappa shape index (κ2) is 4.70. The maximum Gasteiger partial charge on any atom is 0.271 e. The molecule has 6 heteroatoms. The molecule has 0 fully saturated rings. The van der Waals surface area contributed by atoms with Gasteiger partial charge in [-0.05, 0) is 6.07 Å². The van der Waals surface area contributed by atoms with Crippen LogP contribution in [0, 0.1) is 10.1 Å². The second-order valence-corrected chi connectivity index (χ2v) is 3.57. The van der Waals surface area contributed by atoms with E-state index in [0.29, 0.717) is 22.8 Å². The zero-order valence-electron chi connectivity index (χ0n) is 9.41. The fourth-order valence-electron chi connectivity index (χ4n) is 1.66. The second-order valence-electron chi connectivity index (χ2n) is 3.57. The van der Waals surface area contributed by atoms with E-state index < -0.39 is 4.92 Å². The molecule has 6 nitrogen and oxygen atoms in total. The number of benzene rings is 1. The minimum Gasteiger partial charge on any atom is -0.410 e. The van der Waals surface area contributed by atoms with Crippen molar-refractivity contribution in [1.29, 1.82) is 0 Å². The highest BCUT2D eigenvalue weighted by Gasteiger charge is 2.13. The van der Waals surface area contributed by atoms with Crippen molar-refractivity contribution < 1.29 is 14.6 Å². The molecule has 0 atom stereocenters. The molecule has 0 saturated carbocycles. The molecule has 1 aromatic carbocycles. The van der Waals surface area contributed by atoms with Crippen molar-refractivity contribution in [2.45, 2.75) is 0 Å². The molecule has 2 aromatic rings. The number of nitrogens with zero attached hydrogens (tertiary/aromatic N) is 2. The topological polar surface area (TPSA) is 74.4 Å². The summed E-state index contributed by atoms with van der Waals surface area (Å²) in [6.07, 6.45) is 3.72. The number of carbonyl (C=O) groups is 1. The van der Waals surface area contributed by atoms with Crippen molar-refractivity contribution in [2.75, 3.05) is 6.61 Å². The summed E-state index contributed by atoms with van der Waals surface area (Å²) in [5.41, 5.74) is 0.846. The van der Waals surface area contributed by atoms with Crippen molar-refractivity contribution in [3.05, 3.63) is 52.7 Å². The molecule has 0 aliphatic heterocycles. The Kier molecular flexibility index (Phi) is 3.09. The van der Waals surface area contributed by atoms with Crippen LogP contribution in [-0.4, -0.2) is 22.5 Å². The van der Waals surface area contributed by atoms with Crippen LogP contribution >= 0.6 is 0 Å². The fraction of sp³-hybridized carbons (Fsp3) is 0.0833. The van der Waals surface area contributed by atoms with Crippen LogP contribution in [0.1, 0.15) is 10.4 Å². The Hall–Kier alpha value is -2.63. The van der Waals surface area contributed by atoms with Gasteiger partial charge in [0, 0.05) is 23.1 Å². The number of hydrogen-bond donors (Lipinski definition) is 0. The van der Waals surface area contributed by atoms with Crippen LogP contribution in [0.4, 0.5) is 5.69 Å². The zero-order chi connectivity index (χ0) is 13.1. The number of non-ortho nitro benzene ring substituents is 1. The van der Waals surface area contributed by atoms with Gasteiger partial charge in [-0.2, -0.15) is 4.73 Å². The number of hydrogen-bond acceptors (Lipinski definition) is 4. The molecule has 2 rings (SSSR count). The lowest BCUT2D eigenvalue weighted by atomic mass is 10.2. The molecule has 18 heavy (non-hydrogen) atoms. The summed E-state index contributed by atoms with van der Waals surface area (Å²) in [7, 11) is 0. The summed E-state index contributed by atoms with van der Waals surface area (Å²) in [5, 5.41) is 11.3. The van der Waals surface area contributed by atoms with Crippen LogP contribution < -0.4 is 4.84 Å². The normalized spacial score (nSPS) is 10.2. The van der Waals surface area contributed by atoms with E-state index in [9.17, 15) is 14.9 Å². The van der Waals surface area contributed by atoms with Gasteiger partial charge in [0.25, 0.3) is 5.69 Å². The van der Waals surface area contributed by atoms with E-state index in [0.717, 1.165) is 0 Å². The molecule has 0 spiro atoms. The van der Waals surface area contributed by atoms with Gasteiger partial charge in [-0.25, -0.2) is 0 Å². The third-order valence-electron chi connectivity index (χ3n) is 2.46. The highest BCUT2D eigenvalue weighted by atomic mass is 16.7. The van der Waals surface area contributed by atoms with Gasteiger partial charge in [0.2, 0.25) is 0 Å². The maximum absolute atomic E-state index is 10.9. The number of aldehydes is 1. The van der Waals surface area contributed by atoms with Gasteiger partial charge in [0.15, 0.2) is 6.29 Å². The molecule has 0 amide bonds.